The lowest BCUT2D eigenvalue weighted by Gasteiger charge is -2.32. The smallest absolute Gasteiger partial charge is 0.334 e. The van der Waals surface area contributed by atoms with E-state index in [-0.39, 0.29) is 11.1 Å². The highest BCUT2D eigenvalue weighted by atomic mass is 16.4. The number of aliphatic imine (C=N–C) groups is 1. The minimum atomic E-state index is -1.19. The molecular weight excluding hydrogens is 532 g/mol. The van der Waals surface area contributed by atoms with Gasteiger partial charge in [-0.05, 0) is 81.9 Å². The number of anilines is 1. The van der Waals surface area contributed by atoms with Gasteiger partial charge in [0.1, 0.15) is 0 Å². The van der Waals surface area contributed by atoms with Gasteiger partial charge in [-0.2, -0.15) is 5.26 Å². The molecule has 10 nitrogen and oxygen atoms in total. The molecule has 0 amide bonds. The fourth-order valence-electron chi connectivity index (χ4n) is 5.93. The molecule has 4 N–H and O–H groups in total. The molecular formula is C32H38N6O4. The van der Waals surface area contributed by atoms with Crippen LogP contribution in [0.3, 0.4) is 0 Å². The molecule has 10 heteroatoms. The quantitative estimate of drug-likeness (QED) is 0.194. The highest BCUT2D eigenvalue weighted by Gasteiger charge is 2.36. The molecule has 2 aromatic carbocycles. The maximum atomic E-state index is 12.2. The molecule has 0 aliphatic carbocycles. The van der Waals surface area contributed by atoms with Crippen LogP contribution in [0.1, 0.15) is 56.1 Å². The molecule has 220 valence electrons. The largest absolute Gasteiger partial charge is 0.478 e. The lowest BCUT2D eigenvalue weighted by molar-refractivity contribution is -0.133. The first-order chi connectivity index (χ1) is 20.2. The van der Waals surface area contributed by atoms with Gasteiger partial charge in [0.25, 0.3) is 0 Å². The molecule has 2 heterocycles. The number of hydrogen-bond acceptors (Lipinski definition) is 6. The van der Waals surface area contributed by atoms with Crippen LogP contribution in [0.15, 0.2) is 82.1 Å². The van der Waals surface area contributed by atoms with E-state index in [1.807, 2.05) is 18.1 Å². The number of nitrogens with one attached hydrogen (secondary N) is 2. The summed E-state index contributed by atoms with van der Waals surface area (Å²) in [5, 5.41) is 35.3. The van der Waals surface area contributed by atoms with Crippen LogP contribution in [-0.4, -0.2) is 71.1 Å². The zero-order valence-corrected chi connectivity index (χ0v) is 24.3. The number of carbonyl (C=O) groups is 2. The first-order valence-electron chi connectivity index (χ1n) is 14.2. The van der Waals surface area contributed by atoms with E-state index in [4.69, 9.17) is 0 Å². The van der Waals surface area contributed by atoms with Crippen molar-refractivity contribution in [3.63, 3.8) is 0 Å². The molecule has 4 rings (SSSR count). The third kappa shape index (κ3) is 7.17. The molecule has 0 saturated carbocycles. The van der Waals surface area contributed by atoms with Crippen molar-refractivity contribution >= 4 is 23.6 Å². The lowest BCUT2D eigenvalue weighted by Crippen LogP contribution is -2.37. The Morgan fingerprint density at radius 2 is 1.64 bits per heavy atom. The summed E-state index contributed by atoms with van der Waals surface area (Å²) in [6.45, 7) is 6.99. The summed E-state index contributed by atoms with van der Waals surface area (Å²) in [6, 6.07) is 17.6. The van der Waals surface area contributed by atoms with Crippen molar-refractivity contribution in [1.82, 2.24) is 15.1 Å². The third-order valence-corrected chi connectivity index (χ3v) is 8.04. The maximum absolute atomic E-state index is 12.2. The van der Waals surface area contributed by atoms with Crippen LogP contribution >= 0.6 is 0 Å². The molecule has 0 radical (unpaired) electrons. The summed E-state index contributed by atoms with van der Waals surface area (Å²) in [6.07, 6.45) is 5.04. The molecule has 0 spiro atoms. The van der Waals surface area contributed by atoms with E-state index in [0.29, 0.717) is 41.1 Å². The number of piperidine rings is 1. The number of carboxylic acids is 2. The van der Waals surface area contributed by atoms with Crippen molar-refractivity contribution in [2.75, 3.05) is 38.5 Å². The number of guanidine groups is 1. The van der Waals surface area contributed by atoms with Crippen LogP contribution in [0.2, 0.25) is 0 Å². The Morgan fingerprint density at radius 3 is 2.24 bits per heavy atom. The van der Waals surface area contributed by atoms with Crippen LogP contribution in [0.25, 0.3) is 0 Å². The van der Waals surface area contributed by atoms with E-state index in [0.717, 1.165) is 38.9 Å². The first-order valence-corrected chi connectivity index (χ1v) is 14.2. The van der Waals surface area contributed by atoms with Crippen LogP contribution in [0.5, 0.6) is 0 Å². The van der Waals surface area contributed by atoms with Gasteiger partial charge in [0.15, 0.2) is 0 Å². The number of likely N-dealkylation sites (tertiary alicyclic amines) is 1. The number of nitrogens with zero attached hydrogens (tertiary/aromatic N) is 4. The van der Waals surface area contributed by atoms with Crippen molar-refractivity contribution in [2.24, 2.45) is 4.99 Å². The second kappa shape index (κ2) is 13.8. The van der Waals surface area contributed by atoms with Crippen LogP contribution in [0, 0.1) is 11.5 Å². The van der Waals surface area contributed by atoms with E-state index < -0.39 is 17.9 Å². The number of dihydropyridines is 1. The molecule has 1 saturated heterocycles. The predicted molar refractivity (Wildman–Crippen MR) is 162 cm³/mol. The van der Waals surface area contributed by atoms with Crippen LogP contribution in [0.4, 0.5) is 5.69 Å². The molecule has 0 atom stereocenters. The van der Waals surface area contributed by atoms with Crippen LogP contribution in [-0.2, 0) is 9.59 Å². The highest BCUT2D eigenvalue weighted by Crippen LogP contribution is 2.39. The number of rotatable bonds is 9. The zero-order valence-electron chi connectivity index (χ0n) is 24.3. The third-order valence-electron chi connectivity index (χ3n) is 8.04. The fraction of sp³-hybridized carbons (Fsp3) is 0.375. The van der Waals surface area contributed by atoms with Gasteiger partial charge < -0.3 is 30.6 Å². The number of hydrogen-bond donors (Lipinski definition) is 4. The average molecular weight is 571 g/mol. The van der Waals surface area contributed by atoms with E-state index >= 15 is 0 Å². The Hall–Kier alpha value is -4.62. The summed E-state index contributed by atoms with van der Waals surface area (Å²) in [7, 11) is 1.87. The highest BCUT2D eigenvalue weighted by molar-refractivity contribution is 5.99. The SMILES string of the molecule is CC1=C(C(=O)O)C(c2cccc(N/C(=N/C#N)N(C)CCCN3CCC(c4ccccc4)CC3)c2)C(C(=O)O)=C(C)N1. The Kier molecular flexibility index (Phi) is 9.99. The second-order valence-electron chi connectivity index (χ2n) is 10.8. The molecule has 0 unspecified atom stereocenters. The number of carboxylic acid groups (broad SMARTS) is 2. The molecule has 2 aliphatic rings. The van der Waals surface area contributed by atoms with Gasteiger partial charge in [0.05, 0.1) is 17.1 Å². The number of aliphatic carboxylic acids is 2. The van der Waals surface area contributed by atoms with Gasteiger partial charge in [-0.1, -0.05) is 42.5 Å². The Balaban J connectivity index is 1.40. The second-order valence-corrected chi connectivity index (χ2v) is 10.8. The summed E-state index contributed by atoms with van der Waals surface area (Å²) >= 11 is 0. The standard InChI is InChI=1S/C32H38N6O4/c1-21-27(30(39)40)29(28(31(41)42)22(2)35-21)25-11-7-12-26(19-25)36-32(34-20-33)37(3)15-8-16-38-17-13-24(14-18-38)23-9-5-4-6-10-23/h4-7,9-12,19,24,29,35H,8,13-18H2,1-3H3,(H,34,36)(H,39,40)(H,41,42). The van der Waals surface area contributed by atoms with E-state index in [9.17, 15) is 25.1 Å². The number of nitriles is 1. The molecule has 2 aliphatic heterocycles. The monoisotopic (exact) mass is 570 g/mol. The Labute approximate surface area is 246 Å². The maximum Gasteiger partial charge on any atom is 0.334 e. The summed E-state index contributed by atoms with van der Waals surface area (Å²) in [5.41, 5.74) is 3.23. The Morgan fingerprint density at radius 1 is 1.02 bits per heavy atom. The van der Waals surface area contributed by atoms with E-state index in [1.165, 1.54) is 5.56 Å². The van der Waals surface area contributed by atoms with E-state index in [1.54, 1.807) is 38.1 Å². The van der Waals surface area contributed by atoms with Gasteiger partial charge in [-0.25, -0.2) is 9.59 Å². The Bertz CT molecular complexity index is 1400. The molecule has 42 heavy (non-hydrogen) atoms. The molecule has 2 aromatic rings. The minimum absolute atomic E-state index is 0.0222. The minimum Gasteiger partial charge on any atom is -0.478 e. The average Bonchev–Trinajstić information content (AvgIpc) is 2.97. The number of allylic oxidation sites excluding steroid dienone is 2. The van der Waals surface area contributed by atoms with Crippen molar-refractivity contribution in [3.8, 4) is 6.19 Å². The molecule has 1 fully saturated rings. The van der Waals surface area contributed by atoms with Gasteiger partial charge >= 0.3 is 11.9 Å². The first kappa shape index (κ1) is 30.3. The van der Waals surface area contributed by atoms with Crippen LogP contribution < -0.4 is 10.6 Å². The van der Waals surface area contributed by atoms with Crippen molar-refractivity contribution in [1.29, 1.82) is 5.26 Å². The molecule has 0 bridgehead atoms. The normalized spacial score (nSPS) is 17.0. The fourth-order valence-corrected chi connectivity index (χ4v) is 5.93. The molecule has 0 aromatic heterocycles. The van der Waals surface area contributed by atoms with Gasteiger partial charge in [-0.15, -0.1) is 4.99 Å². The summed E-state index contributed by atoms with van der Waals surface area (Å²) in [5.74, 6) is -2.38. The van der Waals surface area contributed by atoms with Gasteiger partial charge in [0.2, 0.25) is 12.2 Å². The lowest BCUT2D eigenvalue weighted by atomic mass is 9.80. The number of benzene rings is 2. The van der Waals surface area contributed by atoms with Crippen molar-refractivity contribution in [2.45, 2.75) is 44.9 Å². The van der Waals surface area contributed by atoms with Crippen molar-refractivity contribution < 1.29 is 19.8 Å². The topological polar surface area (TPSA) is 141 Å². The van der Waals surface area contributed by atoms with Gasteiger partial charge in [0, 0.05) is 30.7 Å². The summed E-state index contributed by atoms with van der Waals surface area (Å²) < 4.78 is 0. The zero-order chi connectivity index (χ0) is 30.2. The van der Waals surface area contributed by atoms with E-state index in [2.05, 4.69) is 50.9 Å². The van der Waals surface area contributed by atoms with Crippen molar-refractivity contribution in [3.05, 3.63) is 88.3 Å². The van der Waals surface area contributed by atoms with Gasteiger partial charge in [-0.3, -0.25) is 0 Å². The predicted octanol–water partition coefficient (Wildman–Crippen LogP) is 4.54. The summed E-state index contributed by atoms with van der Waals surface area (Å²) in [4.78, 5) is 32.7.